The number of carbonyl (C=O) groups is 3. The fraction of sp³-hybridized carbons (Fsp3) is 0.858. The van der Waals surface area contributed by atoms with Gasteiger partial charge in [0.2, 0.25) is 17.3 Å². The Morgan fingerprint density at radius 2 is 0.785 bits per heavy atom. The van der Waals surface area contributed by atoms with E-state index in [9.17, 15) is 169 Å². The van der Waals surface area contributed by atoms with Gasteiger partial charge in [0.1, 0.15) is 12.2 Å². The highest BCUT2D eigenvalue weighted by molar-refractivity contribution is 5.81. The summed E-state index contributed by atoms with van der Waals surface area (Å²) in [5.74, 6) is -5.47. The molecule has 14 aliphatic rings. The molecule has 0 heterocycles. The molecule has 16 rings (SSSR count). The van der Waals surface area contributed by atoms with Crippen LogP contribution in [0.4, 0.5) is 119 Å². The van der Waals surface area contributed by atoms with Crippen LogP contribution in [0.25, 0.3) is 0 Å². The minimum Gasteiger partial charge on any atom is -0.462 e. The summed E-state index contributed by atoms with van der Waals surface area (Å²) in [6.07, 6.45) is -44.9. The number of halogens is 27. The number of alkyl halides is 27. The van der Waals surface area contributed by atoms with Gasteiger partial charge in [0.15, 0.2) is 0 Å². The van der Waals surface area contributed by atoms with Crippen molar-refractivity contribution in [2.24, 2.45) is 126 Å². The molecule has 7 N–H and O–H groups in total. The van der Waals surface area contributed by atoms with Gasteiger partial charge >= 0.3 is 79.1 Å². The third kappa shape index (κ3) is 25.3. The molecule has 14 bridgehead atoms. The van der Waals surface area contributed by atoms with E-state index in [0.717, 1.165) is 78.6 Å². The molecule has 0 aliphatic heterocycles. The minimum absolute atomic E-state index is 0.0340. The number of aliphatic hydroxyl groups is 5. The van der Waals surface area contributed by atoms with Crippen LogP contribution in [0.3, 0.4) is 0 Å². The monoisotopic (exact) mass is 2190 g/mol. The van der Waals surface area contributed by atoms with Crippen molar-refractivity contribution in [3.05, 3.63) is 70.8 Å². The van der Waals surface area contributed by atoms with E-state index in [1.54, 1.807) is 41.5 Å². The van der Waals surface area contributed by atoms with Crippen LogP contribution in [-0.4, -0.2) is 170 Å². The maximum Gasteiger partial charge on any atom is 0.437 e. The Morgan fingerprint density at radius 3 is 1.07 bits per heavy atom. The Bertz CT molecular complexity index is 4740. The first-order valence-corrected chi connectivity index (χ1v) is 51.5. The lowest BCUT2D eigenvalue weighted by Gasteiger charge is -2.66. The van der Waals surface area contributed by atoms with Gasteiger partial charge in [-0.15, -0.1) is 0 Å². The molecule has 14 aliphatic carbocycles. The van der Waals surface area contributed by atoms with Gasteiger partial charge in [-0.2, -0.15) is 119 Å². The molecule has 14 fully saturated rings. The molecule has 0 spiro atoms. The van der Waals surface area contributed by atoms with E-state index < -0.39 is 225 Å². The molecule has 16 atom stereocenters. The van der Waals surface area contributed by atoms with E-state index in [4.69, 9.17) is 18.9 Å². The van der Waals surface area contributed by atoms with E-state index in [-0.39, 0.29) is 91.1 Å². The normalized spacial score (nSPS) is 32.5. The Labute approximate surface area is 852 Å². The van der Waals surface area contributed by atoms with E-state index >= 15 is 0 Å². The summed E-state index contributed by atoms with van der Waals surface area (Å²) in [4.78, 5) is 46.6. The lowest BCUT2D eigenvalue weighted by atomic mass is 9.43. The van der Waals surface area contributed by atoms with Gasteiger partial charge in [0.25, 0.3) is 5.60 Å². The van der Waals surface area contributed by atoms with Crippen LogP contribution in [-0.2, 0) is 54.3 Å². The molecule has 149 heavy (non-hydrogen) atoms. The zero-order valence-electron chi connectivity index (χ0n) is 87.6. The average Bonchev–Trinajstić information content (AvgIpc) is 1.14. The van der Waals surface area contributed by atoms with E-state index in [0.29, 0.717) is 98.0 Å². The number of hydrogen-bond donors (Lipinski definition) is 7. The maximum absolute atomic E-state index is 14.4. The lowest BCUT2D eigenvalue weighted by molar-refractivity contribution is -0.393. The summed E-state index contributed by atoms with van der Waals surface area (Å²) in [6.45, 7) is 27.4. The zero-order valence-corrected chi connectivity index (χ0v) is 87.6. The number of rotatable bonds is 32. The molecule has 43 heteroatoms. The van der Waals surface area contributed by atoms with Crippen LogP contribution in [0.5, 0.6) is 0 Å². The highest BCUT2D eigenvalue weighted by Crippen LogP contribution is 2.72. The fourth-order valence-corrected chi connectivity index (χ4v) is 29.3. The highest BCUT2D eigenvalue weighted by Gasteiger charge is 2.79. The van der Waals surface area contributed by atoms with Crippen LogP contribution < -0.4 is 0 Å². The third-order valence-corrected chi connectivity index (χ3v) is 37.2. The van der Waals surface area contributed by atoms with Gasteiger partial charge in [0, 0.05) is 34.3 Å². The van der Waals surface area contributed by atoms with Crippen molar-refractivity contribution >= 4 is 17.9 Å². The molecule has 2 aromatic rings. The molecule has 16 unspecified atom stereocenters. The summed E-state index contributed by atoms with van der Waals surface area (Å²) in [6, 6.07) is 10.6. The molecule has 0 saturated heterocycles. The van der Waals surface area contributed by atoms with Crippen molar-refractivity contribution < 1.29 is 198 Å². The van der Waals surface area contributed by atoms with Crippen LogP contribution in [0.15, 0.2) is 48.5 Å². The number of carbonyl (C=O) groups excluding carboxylic acids is 3. The molecular weight excluding hydrogens is 2040 g/mol. The van der Waals surface area contributed by atoms with Crippen LogP contribution in [0, 0.1) is 126 Å². The Kier molecular flexibility index (Phi) is 35.7. The quantitative estimate of drug-likeness (QED) is 0.0118. The first kappa shape index (κ1) is 125. The van der Waals surface area contributed by atoms with Gasteiger partial charge < -0.3 is 44.5 Å². The average molecular weight is 2190 g/mol. The van der Waals surface area contributed by atoms with E-state index in [1.807, 2.05) is 6.92 Å². The first-order valence-electron chi connectivity index (χ1n) is 51.5. The number of benzene rings is 2. The summed E-state index contributed by atoms with van der Waals surface area (Å²) < 4.78 is 388. The van der Waals surface area contributed by atoms with Crippen LogP contribution >= 0.6 is 0 Å². The van der Waals surface area contributed by atoms with Crippen LogP contribution in [0.1, 0.15) is 339 Å². The van der Waals surface area contributed by atoms with Gasteiger partial charge in [-0.1, -0.05) is 118 Å². The molecular formula is C106H149F27O16. The number of fused-ring (bicyclic) bond motifs is 2. The summed E-state index contributed by atoms with van der Waals surface area (Å²) in [5.41, 5.74) is -27.6. The molecule has 14 saturated carbocycles. The smallest absolute Gasteiger partial charge is 0.437 e. The largest absolute Gasteiger partial charge is 0.462 e. The van der Waals surface area contributed by atoms with Gasteiger partial charge in [0.05, 0.1) is 46.8 Å². The van der Waals surface area contributed by atoms with Crippen molar-refractivity contribution in [3.63, 3.8) is 0 Å². The minimum atomic E-state index is -6.40. The predicted octanol–water partition coefficient (Wildman–Crippen LogP) is 28.9. The first-order chi connectivity index (χ1) is 67.2. The van der Waals surface area contributed by atoms with Crippen molar-refractivity contribution in [1.82, 2.24) is 0 Å². The number of aliphatic hydroxyl groups excluding tert-OH is 1. The maximum atomic E-state index is 14.4. The Hall–Kier alpha value is -5.44. The molecule has 0 radical (unpaired) electrons. The number of hydrogen-bond acceptors (Lipinski definition) is 16. The zero-order chi connectivity index (χ0) is 113. The van der Waals surface area contributed by atoms with Crippen molar-refractivity contribution in [2.45, 2.75) is 430 Å². The second kappa shape index (κ2) is 42.4. The SMILES string of the molecule is CCC(C)(C(OO)C12CC3CC(O)(CC(O)(C3)C1)C2)C(F)(F)F.CCC(C)(C)C(OO)C1C(O)C2CC(CC(O)(C(F)(F)F)C(F)(F)F)C1C2.CCC(CC(C)(COC(=O)C(O)(C(F)(F)F)C(F)(F)F)CC1(C)C2CC3CC(C2)CC1C3)c1ccc(C(C)(OC(=O)C(C)(C)C)C(F)(F)F)cc1.CCC(CC(C)(COC(C(F)(F)F)C(F)(F)F)CC1(C)C2CC3CC(C2)CC1C3)c1ccc(C(C)(OC(=O)C(C)(C)C)C(F)(F)F)cc1. The van der Waals surface area contributed by atoms with Gasteiger partial charge in [-0.3, -0.25) is 20.1 Å². The lowest BCUT2D eigenvalue weighted by Crippen LogP contribution is -2.68. The molecule has 0 amide bonds. The van der Waals surface area contributed by atoms with Crippen molar-refractivity contribution in [3.8, 4) is 0 Å². The topological polar surface area (TPSA) is 248 Å². The number of esters is 3. The molecule has 2 aromatic carbocycles. The third-order valence-electron chi connectivity index (χ3n) is 37.2. The van der Waals surface area contributed by atoms with Gasteiger partial charge in [-0.05, 0) is 345 Å². The molecule has 858 valence electrons. The Morgan fingerprint density at radius 1 is 0.423 bits per heavy atom. The van der Waals surface area contributed by atoms with E-state index in [1.165, 1.54) is 103 Å². The van der Waals surface area contributed by atoms with Crippen molar-refractivity contribution in [2.75, 3.05) is 13.2 Å². The molecule has 16 nitrogen and oxygen atoms in total. The molecule has 0 aromatic heterocycles. The summed E-state index contributed by atoms with van der Waals surface area (Å²) >= 11 is 0. The summed E-state index contributed by atoms with van der Waals surface area (Å²) in [7, 11) is 0. The van der Waals surface area contributed by atoms with Crippen molar-refractivity contribution in [1.29, 1.82) is 0 Å². The van der Waals surface area contributed by atoms with E-state index in [2.05, 4.69) is 23.6 Å². The summed E-state index contributed by atoms with van der Waals surface area (Å²) in [5, 5.41) is 70.0. The Balaban J connectivity index is 0.000000213. The second-order valence-corrected chi connectivity index (χ2v) is 51.1. The predicted molar refractivity (Wildman–Crippen MR) is 490 cm³/mol. The second-order valence-electron chi connectivity index (χ2n) is 51.1. The number of ether oxygens (including phenoxy) is 4. The standard InChI is InChI=1S/C37H49F9O5.C36H49F9O3.C17H26F6O4.C16H25F3O4/c1-8-23(24-9-11-25(12-10-24)33(7,35(38,39)40)51-28(47)30(2,3)4)18-31(5,20-50-29(48)34(49,36(41,42)43)37(44,45)46)19-32(6)26-14-21-13-22(16-26)17-27(32)15-21;1-8-23(24-9-11-25(12-10-24)33(7,36(43,44)45)48-29(46)30(2,3)4)18-31(5,20-47-28(34(37,38)39)35(40,41)42)19-32(6)26-14-21-13-22(16-26)17-27(32)15-21;1-4-14(2,3)13(27-26)11-10-6-8(12(11)24)5-9(10)7-15(25,16(18,19)20)17(21,22)23;1-3-12(2,16(17,18)19)11(23-22)13-4-10-5-14(20,7-13)9-15(21,6-10)8-13/h9-12,21-23,26-27,49H,8,13-20H2,1-7H3;9-12,21-23,26-28H,8,13-20H2,1-7H3;8-13,24-26H,4-7H2,1-3H3;10-11,20-22H,3-9H2,1-2H3. The highest BCUT2D eigenvalue weighted by atomic mass is 19.5. The van der Waals surface area contributed by atoms with Gasteiger partial charge in [-0.25, -0.2) is 14.6 Å². The van der Waals surface area contributed by atoms with Crippen LogP contribution in [0.2, 0.25) is 0 Å². The fourth-order valence-electron chi connectivity index (χ4n) is 29.3.